The van der Waals surface area contributed by atoms with E-state index < -0.39 is 0 Å². The smallest absolute Gasteiger partial charge is 0.278 e. The van der Waals surface area contributed by atoms with Gasteiger partial charge in [0.05, 0.1) is 12.2 Å². The van der Waals surface area contributed by atoms with Crippen molar-refractivity contribution in [2.45, 2.75) is 44.6 Å². The summed E-state index contributed by atoms with van der Waals surface area (Å²) in [6, 6.07) is 6.94. The molecule has 5 nitrogen and oxygen atoms in total. The Bertz CT molecular complexity index is 706. The number of halogens is 1. The highest BCUT2D eigenvalue weighted by atomic mass is 35.5. The topological polar surface area (TPSA) is 60.9 Å². The van der Waals surface area contributed by atoms with Gasteiger partial charge in [-0.15, -0.1) is 0 Å². The minimum absolute atomic E-state index is 0.0418. The molecule has 26 heavy (non-hydrogen) atoms. The van der Waals surface area contributed by atoms with Crippen LogP contribution in [0.5, 0.6) is 0 Å². The van der Waals surface area contributed by atoms with Gasteiger partial charge < -0.3 is 10.0 Å². The summed E-state index contributed by atoms with van der Waals surface area (Å²) in [6.45, 7) is 0.211. The Morgan fingerprint density at radius 3 is 2.27 bits per heavy atom. The largest absolute Gasteiger partial charge is 0.395 e. The van der Waals surface area contributed by atoms with Crippen molar-refractivity contribution in [3.05, 3.63) is 40.5 Å². The van der Waals surface area contributed by atoms with E-state index in [0.29, 0.717) is 28.4 Å². The zero-order chi connectivity index (χ0) is 18.7. The van der Waals surface area contributed by atoms with E-state index in [9.17, 15) is 14.7 Å². The summed E-state index contributed by atoms with van der Waals surface area (Å²) in [5.74, 6) is -0.480. The van der Waals surface area contributed by atoms with Gasteiger partial charge in [-0.1, -0.05) is 49.4 Å². The van der Waals surface area contributed by atoms with Gasteiger partial charge in [-0.2, -0.15) is 0 Å². The van der Waals surface area contributed by atoms with Crippen molar-refractivity contribution in [2.24, 2.45) is 0 Å². The Morgan fingerprint density at radius 2 is 1.69 bits per heavy atom. The third-order valence-electron chi connectivity index (χ3n) is 5.23. The molecule has 1 heterocycles. The molecule has 1 aromatic rings. The summed E-state index contributed by atoms with van der Waals surface area (Å²) >= 11 is 5.98. The molecule has 2 aliphatic rings. The maximum absolute atomic E-state index is 13.3. The van der Waals surface area contributed by atoms with Gasteiger partial charge in [-0.3, -0.25) is 14.5 Å². The van der Waals surface area contributed by atoms with Crippen LogP contribution in [0.3, 0.4) is 0 Å². The maximum atomic E-state index is 13.3. The predicted octanol–water partition coefficient (Wildman–Crippen LogP) is 3.07. The van der Waals surface area contributed by atoms with Crippen LogP contribution in [0.2, 0.25) is 5.02 Å². The molecule has 140 valence electrons. The van der Waals surface area contributed by atoms with Crippen molar-refractivity contribution in [2.75, 3.05) is 20.2 Å². The first kappa shape index (κ1) is 18.9. The van der Waals surface area contributed by atoms with Crippen LogP contribution in [-0.4, -0.2) is 53.0 Å². The number of aliphatic hydroxyl groups is 1. The van der Waals surface area contributed by atoms with Crippen molar-refractivity contribution in [1.29, 1.82) is 0 Å². The van der Waals surface area contributed by atoms with E-state index in [0.717, 1.165) is 38.5 Å². The number of hydrogen-bond acceptors (Lipinski definition) is 4. The lowest BCUT2D eigenvalue weighted by Gasteiger charge is -2.26. The molecule has 1 aromatic carbocycles. The lowest BCUT2D eigenvalue weighted by atomic mass is 10.0. The molecule has 1 N–H and O–H groups in total. The van der Waals surface area contributed by atoms with Gasteiger partial charge in [0.2, 0.25) is 0 Å². The molecule has 0 spiro atoms. The number of imide groups is 1. The molecule has 0 aromatic heterocycles. The molecule has 0 atom stereocenters. The Kier molecular flexibility index (Phi) is 5.99. The summed E-state index contributed by atoms with van der Waals surface area (Å²) in [6.07, 6.45) is 6.12. The van der Waals surface area contributed by atoms with Crippen molar-refractivity contribution in [3.63, 3.8) is 0 Å². The summed E-state index contributed by atoms with van der Waals surface area (Å²) in [5, 5.41) is 9.88. The standard InChI is InChI=1S/C20H25ClN2O3/c1-22(12-13-24)18-17(14-8-10-15(21)11-9-14)19(25)23(20(18)26)16-6-4-2-3-5-7-16/h8-11,16,24H,2-7,12-13H2,1H3. The van der Waals surface area contributed by atoms with Crippen LogP contribution < -0.4 is 0 Å². The van der Waals surface area contributed by atoms with Gasteiger partial charge in [0.1, 0.15) is 5.70 Å². The number of likely N-dealkylation sites (N-methyl/N-ethyl adjacent to an activating group) is 1. The first-order chi connectivity index (χ1) is 12.5. The summed E-state index contributed by atoms with van der Waals surface area (Å²) in [7, 11) is 1.74. The monoisotopic (exact) mass is 376 g/mol. The molecule has 6 heteroatoms. The fraction of sp³-hybridized carbons (Fsp3) is 0.500. The number of aliphatic hydroxyl groups excluding tert-OH is 1. The lowest BCUT2D eigenvalue weighted by molar-refractivity contribution is -0.140. The number of hydrogen-bond donors (Lipinski definition) is 1. The van der Waals surface area contributed by atoms with E-state index in [2.05, 4.69) is 0 Å². The van der Waals surface area contributed by atoms with Crippen LogP contribution in [0.25, 0.3) is 5.57 Å². The first-order valence-electron chi connectivity index (χ1n) is 9.24. The summed E-state index contributed by atoms with van der Waals surface area (Å²) in [4.78, 5) is 29.6. The van der Waals surface area contributed by atoms with Crippen LogP contribution in [0, 0.1) is 0 Å². The quantitative estimate of drug-likeness (QED) is 0.633. The second-order valence-corrected chi connectivity index (χ2v) is 7.44. The maximum Gasteiger partial charge on any atom is 0.278 e. The molecule has 0 radical (unpaired) electrons. The zero-order valence-corrected chi connectivity index (χ0v) is 15.8. The van der Waals surface area contributed by atoms with Gasteiger partial charge in [0, 0.05) is 24.7 Å². The highest BCUT2D eigenvalue weighted by molar-refractivity contribution is 6.36. The van der Waals surface area contributed by atoms with E-state index in [-0.39, 0.29) is 24.5 Å². The Morgan fingerprint density at radius 1 is 1.08 bits per heavy atom. The van der Waals surface area contributed by atoms with Crippen LogP contribution in [0.1, 0.15) is 44.1 Å². The van der Waals surface area contributed by atoms with E-state index in [1.54, 1.807) is 36.2 Å². The van der Waals surface area contributed by atoms with Crippen molar-refractivity contribution in [1.82, 2.24) is 9.80 Å². The molecule has 3 rings (SSSR count). The van der Waals surface area contributed by atoms with Gasteiger partial charge in [0.25, 0.3) is 11.8 Å². The van der Waals surface area contributed by atoms with Crippen molar-refractivity contribution >= 4 is 29.0 Å². The third kappa shape index (κ3) is 3.64. The number of nitrogens with zero attached hydrogens (tertiary/aromatic N) is 2. The van der Waals surface area contributed by atoms with E-state index in [1.165, 1.54) is 4.90 Å². The molecule has 1 aliphatic heterocycles. The number of carbonyl (C=O) groups is 2. The van der Waals surface area contributed by atoms with Gasteiger partial charge in [0.15, 0.2) is 0 Å². The SMILES string of the molecule is CN(CCO)C1=C(c2ccc(Cl)cc2)C(=O)N(C2CCCCCC2)C1=O. The molecule has 1 aliphatic carbocycles. The van der Waals surface area contributed by atoms with Crippen LogP contribution in [0.4, 0.5) is 0 Å². The molecular formula is C20H25ClN2O3. The fourth-order valence-electron chi connectivity index (χ4n) is 3.88. The molecule has 0 bridgehead atoms. The Labute approximate surface area is 159 Å². The predicted molar refractivity (Wildman–Crippen MR) is 101 cm³/mol. The van der Waals surface area contributed by atoms with E-state index in [4.69, 9.17) is 11.6 Å². The zero-order valence-electron chi connectivity index (χ0n) is 15.1. The normalized spacial score (nSPS) is 19.3. The second-order valence-electron chi connectivity index (χ2n) is 7.00. The second kappa shape index (κ2) is 8.23. The minimum atomic E-state index is -0.247. The number of amides is 2. The average Bonchev–Trinajstić information content (AvgIpc) is 2.79. The van der Waals surface area contributed by atoms with E-state index in [1.807, 2.05) is 0 Å². The Balaban J connectivity index is 2.01. The molecule has 1 saturated carbocycles. The van der Waals surface area contributed by atoms with Crippen molar-refractivity contribution < 1.29 is 14.7 Å². The number of carbonyl (C=O) groups excluding carboxylic acids is 2. The fourth-order valence-corrected chi connectivity index (χ4v) is 4.00. The van der Waals surface area contributed by atoms with Crippen molar-refractivity contribution in [3.8, 4) is 0 Å². The third-order valence-corrected chi connectivity index (χ3v) is 5.48. The van der Waals surface area contributed by atoms with Gasteiger partial charge in [-0.25, -0.2) is 0 Å². The van der Waals surface area contributed by atoms with E-state index >= 15 is 0 Å². The first-order valence-corrected chi connectivity index (χ1v) is 9.62. The number of rotatable bonds is 5. The summed E-state index contributed by atoms with van der Waals surface area (Å²) < 4.78 is 0. The van der Waals surface area contributed by atoms with Gasteiger partial charge >= 0.3 is 0 Å². The molecule has 0 unspecified atom stereocenters. The van der Waals surface area contributed by atoms with Crippen LogP contribution >= 0.6 is 11.6 Å². The number of benzene rings is 1. The summed E-state index contributed by atoms with van der Waals surface area (Å²) in [5.41, 5.74) is 1.46. The van der Waals surface area contributed by atoms with Crippen LogP contribution in [-0.2, 0) is 9.59 Å². The average molecular weight is 377 g/mol. The molecule has 1 fully saturated rings. The highest BCUT2D eigenvalue weighted by Crippen LogP contribution is 2.35. The minimum Gasteiger partial charge on any atom is -0.395 e. The Hall–Kier alpha value is -1.85. The van der Waals surface area contributed by atoms with Gasteiger partial charge in [-0.05, 0) is 30.5 Å². The highest BCUT2D eigenvalue weighted by Gasteiger charge is 2.43. The lowest BCUT2D eigenvalue weighted by Crippen LogP contribution is -2.42. The molecular weight excluding hydrogens is 352 g/mol. The van der Waals surface area contributed by atoms with Crippen LogP contribution in [0.15, 0.2) is 30.0 Å². The molecule has 2 amide bonds. The molecule has 0 saturated heterocycles.